The highest BCUT2D eigenvalue weighted by atomic mass is 16.4. The van der Waals surface area contributed by atoms with Crippen LogP contribution in [0.25, 0.3) is 0 Å². The number of hydrogen-bond donors (Lipinski definition) is 6. The maximum absolute atomic E-state index is 10.1. The van der Waals surface area contributed by atoms with E-state index in [0.29, 0.717) is 19.3 Å². The molecule has 0 rings (SSSR count). The number of unbranched alkanes of at least 4 members (excludes halogenated alkanes) is 7. The van der Waals surface area contributed by atoms with Gasteiger partial charge in [-0.25, -0.2) is 0 Å². The number of carbonyl (C=O) groups is 3. The van der Waals surface area contributed by atoms with E-state index in [1.807, 2.05) is 13.8 Å². The average Bonchev–Trinajstić information content (AvgIpc) is 2.79. The zero-order valence-corrected chi connectivity index (χ0v) is 21.2. The van der Waals surface area contributed by atoms with Gasteiger partial charge in [0.15, 0.2) is 0 Å². The Kier molecular flexibility index (Phi) is 35.4. The van der Waals surface area contributed by atoms with E-state index in [-0.39, 0.29) is 19.8 Å². The van der Waals surface area contributed by atoms with Crippen LogP contribution in [0, 0.1) is 5.41 Å². The number of carboxylic acid groups (broad SMARTS) is 3. The summed E-state index contributed by atoms with van der Waals surface area (Å²) in [5.41, 5.74) is -0.708. The van der Waals surface area contributed by atoms with E-state index in [0.717, 1.165) is 38.5 Å². The molecule has 0 aromatic rings. The van der Waals surface area contributed by atoms with Gasteiger partial charge in [-0.2, -0.15) is 0 Å². The van der Waals surface area contributed by atoms with Crippen molar-refractivity contribution in [2.75, 3.05) is 19.8 Å². The topological polar surface area (TPSA) is 173 Å². The molecule has 9 heteroatoms. The largest absolute Gasteiger partial charge is 0.481 e. The third kappa shape index (κ3) is 44.7. The van der Waals surface area contributed by atoms with Crippen LogP contribution in [0.15, 0.2) is 0 Å². The van der Waals surface area contributed by atoms with Gasteiger partial charge in [0.1, 0.15) is 0 Å². The van der Waals surface area contributed by atoms with E-state index < -0.39 is 23.3 Å². The molecule has 0 spiro atoms. The predicted molar refractivity (Wildman–Crippen MR) is 129 cm³/mol. The first-order valence-electron chi connectivity index (χ1n) is 12.0. The first-order chi connectivity index (χ1) is 15.5. The number of carboxylic acids is 3. The fraction of sp³-hybridized carbons (Fsp3) is 0.875. The number of aliphatic carboxylic acids is 3. The molecule has 0 amide bonds. The second-order valence-corrected chi connectivity index (χ2v) is 8.19. The third-order valence-corrected chi connectivity index (χ3v) is 4.38. The Morgan fingerprint density at radius 1 is 0.515 bits per heavy atom. The Hall–Kier alpha value is -1.71. The molecule has 6 N–H and O–H groups in total. The van der Waals surface area contributed by atoms with Crippen LogP contribution in [0.2, 0.25) is 0 Å². The first kappa shape index (κ1) is 38.5. The summed E-state index contributed by atoms with van der Waals surface area (Å²) < 4.78 is 0. The number of aliphatic hydroxyl groups is 3. The standard InChI is InChI=1S/C9H18O2.C5H12O3.2C5H10O2/c1-2-3-4-5-6-7-8-9(10)11;1-5(2-6,3-7)4-8;2*1-2-3-4-5(6)7/h2-8H2,1H3,(H,10,11);6-8H,2-4H2,1H3;2*2-4H2,1H3,(H,6,7). The Bertz CT molecular complexity index is 409. The number of hydrogen-bond acceptors (Lipinski definition) is 6. The molecule has 0 aliphatic rings. The maximum Gasteiger partial charge on any atom is 0.303 e. The van der Waals surface area contributed by atoms with E-state index in [9.17, 15) is 14.4 Å². The molecule has 0 fully saturated rings. The molecule has 0 atom stereocenters. The van der Waals surface area contributed by atoms with Crippen LogP contribution in [0.4, 0.5) is 0 Å². The van der Waals surface area contributed by atoms with Gasteiger partial charge in [-0.1, -0.05) is 72.6 Å². The van der Waals surface area contributed by atoms with Crippen LogP contribution in [0.5, 0.6) is 0 Å². The van der Waals surface area contributed by atoms with Gasteiger partial charge in [0.25, 0.3) is 0 Å². The molecule has 0 radical (unpaired) electrons. The van der Waals surface area contributed by atoms with Crippen LogP contribution in [0.3, 0.4) is 0 Å². The average molecular weight is 483 g/mol. The minimum Gasteiger partial charge on any atom is -0.481 e. The second kappa shape index (κ2) is 30.3. The molecule has 0 unspecified atom stereocenters. The molecule has 0 aliphatic carbocycles. The highest BCUT2D eigenvalue weighted by molar-refractivity contribution is 5.67. The lowest BCUT2D eigenvalue weighted by Crippen LogP contribution is -2.29. The van der Waals surface area contributed by atoms with Crippen molar-refractivity contribution in [2.45, 2.75) is 111 Å². The van der Waals surface area contributed by atoms with E-state index in [1.165, 1.54) is 25.7 Å². The predicted octanol–water partition coefficient (Wildman–Crippen LogP) is 4.31. The van der Waals surface area contributed by atoms with Gasteiger partial charge >= 0.3 is 17.9 Å². The van der Waals surface area contributed by atoms with Gasteiger partial charge in [0, 0.05) is 24.7 Å². The normalized spacial score (nSPS) is 9.91. The molecule has 0 aromatic heterocycles. The van der Waals surface area contributed by atoms with Gasteiger partial charge in [0.05, 0.1) is 19.8 Å². The molecular weight excluding hydrogens is 432 g/mol. The summed E-state index contributed by atoms with van der Waals surface area (Å²) in [4.78, 5) is 29.6. The van der Waals surface area contributed by atoms with Crippen molar-refractivity contribution in [3.8, 4) is 0 Å². The van der Waals surface area contributed by atoms with Crippen molar-refractivity contribution in [3.05, 3.63) is 0 Å². The Labute approximate surface area is 199 Å². The van der Waals surface area contributed by atoms with Crippen molar-refractivity contribution in [1.82, 2.24) is 0 Å². The quantitative estimate of drug-likeness (QED) is 0.175. The minimum absolute atomic E-state index is 0.181. The van der Waals surface area contributed by atoms with Crippen LogP contribution in [-0.2, 0) is 14.4 Å². The van der Waals surface area contributed by atoms with Crippen LogP contribution < -0.4 is 0 Å². The van der Waals surface area contributed by atoms with Gasteiger partial charge in [0.2, 0.25) is 0 Å². The molecule has 0 aliphatic heterocycles. The third-order valence-electron chi connectivity index (χ3n) is 4.38. The summed E-state index contributed by atoms with van der Waals surface area (Å²) in [5.74, 6) is -2.05. The summed E-state index contributed by atoms with van der Waals surface area (Å²) >= 11 is 0. The molecular formula is C24H50O9. The van der Waals surface area contributed by atoms with Crippen molar-refractivity contribution in [3.63, 3.8) is 0 Å². The van der Waals surface area contributed by atoms with Gasteiger partial charge in [-0.05, 0) is 19.3 Å². The van der Waals surface area contributed by atoms with Crippen molar-refractivity contribution < 1.29 is 45.0 Å². The summed E-state index contributed by atoms with van der Waals surface area (Å²) in [7, 11) is 0. The minimum atomic E-state index is -0.708. The summed E-state index contributed by atoms with van der Waals surface area (Å²) in [6.07, 6.45) is 11.4. The lowest BCUT2D eigenvalue weighted by Gasteiger charge is -2.20. The van der Waals surface area contributed by atoms with E-state index in [2.05, 4.69) is 6.92 Å². The van der Waals surface area contributed by atoms with E-state index in [1.54, 1.807) is 6.92 Å². The van der Waals surface area contributed by atoms with Crippen molar-refractivity contribution >= 4 is 17.9 Å². The number of rotatable bonds is 16. The Balaban J connectivity index is -0.000000173. The fourth-order valence-corrected chi connectivity index (χ4v) is 1.86. The molecule has 0 bridgehead atoms. The van der Waals surface area contributed by atoms with Crippen LogP contribution in [-0.4, -0.2) is 68.4 Å². The lowest BCUT2D eigenvalue weighted by atomic mass is 9.95. The zero-order valence-electron chi connectivity index (χ0n) is 21.2. The summed E-state index contributed by atoms with van der Waals surface area (Å²) in [6.45, 7) is 7.19. The van der Waals surface area contributed by atoms with Crippen LogP contribution >= 0.6 is 0 Å². The highest BCUT2D eigenvalue weighted by Gasteiger charge is 2.20. The summed E-state index contributed by atoms with van der Waals surface area (Å²) in [6, 6.07) is 0. The van der Waals surface area contributed by atoms with Crippen molar-refractivity contribution in [1.29, 1.82) is 0 Å². The maximum atomic E-state index is 10.1. The zero-order chi connectivity index (χ0) is 26.5. The summed E-state index contributed by atoms with van der Waals surface area (Å²) in [5, 5.41) is 49.8. The molecule has 200 valence electrons. The molecule has 0 heterocycles. The SMILES string of the molecule is CC(CO)(CO)CO.CCCCC(=O)O.CCCCC(=O)O.CCCCCCCCC(=O)O. The van der Waals surface area contributed by atoms with E-state index >= 15 is 0 Å². The second-order valence-electron chi connectivity index (χ2n) is 8.19. The van der Waals surface area contributed by atoms with Crippen LogP contribution in [0.1, 0.15) is 111 Å². The highest BCUT2D eigenvalue weighted by Crippen LogP contribution is 2.11. The molecule has 9 nitrogen and oxygen atoms in total. The van der Waals surface area contributed by atoms with Gasteiger partial charge in [-0.15, -0.1) is 0 Å². The smallest absolute Gasteiger partial charge is 0.303 e. The molecule has 0 saturated carbocycles. The number of aliphatic hydroxyl groups excluding tert-OH is 3. The molecule has 33 heavy (non-hydrogen) atoms. The van der Waals surface area contributed by atoms with Crippen molar-refractivity contribution in [2.24, 2.45) is 5.41 Å². The fourth-order valence-electron chi connectivity index (χ4n) is 1.86. The molecule has 0 aromatic carbocycles. The Morgan fingerprint density at radius 2 is 0.788 bits per heavy atom. The lowest BCUT2D eigenvalue weighted by molar-refractivity contribution is -0.138. The van der Waals surface area contributed by atoms with E-state index in [4.69, 9.17) is 30.6 Å². The molecule has 0 saturated heterocycles. The monoisotopic (exact) mass is 482 g/mol. The first-order valence-corrected chi connectivity index (χ1v) is 12.0. The Morgan fingerprint density at radius 3 is 1.00 bits per heavy atom. The van der Waals surface area contributed by atoms with Gasteiger partial charge < -0.3 is 30.6 Å². The van der Waals surface area contributed by atoms with Gasteiger partial charge in [-0.3, -0.25) is 14.4 Å².